The Kier molecular flexibility index (Phi) is 5.62. The minimum absolute atomic E-state index is 0.116. The molecule has 1 atom stereocenters. The molecule has 2 aromatic heterocycles. The first-order valence-corrected chi connectivity index (χ1v) is 10.9. The number of hydrogen-bond acceptors (Lipinski definition) is 5. The van der Waals surface area contributed by atoms with Crippen LogP contribution in [0.1, 0.15) is 35.2 Å². The fraction of sp³-hybridized carbons (Fsp3) is 0.400. The van der Waals surface area contributed by atoms with Crippen LogP contribution in [0.2, 0.25) is 0 Å². The Labute approximate surface area is 161 Å². The van der Waals surface area contributed by atoms with Gasteiger partial charge in [0.25, 0.3) is 0 Å². The number of aryl methyl sites for hydroxylation is 1. The second-order valence-electron chi connectivity index (χ2n) is 6.65. The van der Waals surface area contributed by atoms with Crippen molar-refractivity contribution in [2.45, 2.75) is 31.7 Å². The number of fused-ring (bicyclic) bond motifs is 1. The van der Waals surface area contributed by atoms with E-state index in [0.29, 0.717) is 25.4 Å². The molecule has 1 aliphatic rings. The second-order valence-corrected chi connectivity index (χ2v) is 8.75. The number of para-hydroxylation sites is 1. The Balaban J connectivity index is 1.32. The molecule has 1 amide bonds. The molecule has 136 valence electrons. The molecule has 1 fully saturated rings. The maximum absolute atomic E-state index is 12.4. The molecule has 1 N–H and O–H groups in total. The van der Waals surface area contributed by atoms with Crippen molar-refractivity contribution in [1.29, 1.82) is 0 Å². The summed E-state index contributed by atoms with van der Waals surface area (Å²) in [6.45, 7) is 2.95. The number of thiazole rings is 1. The lowest BCUT2D eigenvalue weighted by molar-refractivity contribution is -0.121. The number of benzene rings is 1. The van der Waals surface area contributed by atoms with Crippen LogP contribution in [-0.4, -0.2) is 35.4 Å². The lowest BCUT2D eigenvalue weighted by Gasteiger charge is -2.26. The quantitative estimate of drug-likeness (QED) is 0.661. The summed E-state index contributed by atoms with van der Waals surface area (Å²) >= 11 is 3.47. The van der Waals surface area contributed by atoms with Gasteiger partial charge in [-0.05, 0) is 49.5 Å². The van der Waals surface area contributed by atoms with Crippen molar-refractivity contribution in [1.82, 2.24) is 15.2 Å². The van der Waals surface area contributed by atoms with Crippen molar-refractivity contribution in [2.75, 3.05) is 19.6 Å². The van der Waals surface area contributed by atoms with Crippen molar-refractivity contribution >= 4 is 38.8 Å². The third kappa shape index (κ3) is 4.14. The Morgan fingerprint density at radius 2 is 2.04 bits per heavy atom. The van der Waals surface area contributed by atoms with E-state index in [9.17, 15) is 4.79 Å². The Hall–Kier alpha value is -1.76. The number of thiophene rings is 1. The molecule has 0 spiro atoms. The smallest absolute Gasteiger partial charge is 0.220 e. The minimum Gasteiger partial charge on any atom is -0.354 e. The highest BCUT2D eigenvalue weighted by molar-refractivity contribution is 7.18. The maximum Gasteiger partial charge on any atom is 0.220 e. The van der Waals surface area contributed by atoms with Gasteiger partial charge in [-0.3, -0.25) is 9.69 Å². The number of carbonyl (C=O) groups excluding carboxylic acids is 1. The van der Waals surface area contributed by atoms with Gasteiger partial charge in [0.2, 0.25) is 5.91 Å². The zero-order valence-corrected chi connectivity index (χ0v) is 16.3. The van der Waals surface area contributed by atoms with Crippen LogP contribution in [0, 0.1) is 0 Å². The van der Waals surface area contributed by atoms with E-state index in [1.807, 2.05) is 18.2 Å². The maximum atomic E-state index is 12.4. The third-order valence-electron chi connectivity index (χ3n) is 4.85. The Bertz CT molecular complexity index is 820. The van der Waals surface area contributed by atoms with Crippen LogP contribution >= 0.6 is 22.7 Å². The largest absolute Gasteiger partial charge is 0.354 e. The van der Waals surface area contributed by atoms with E-state index in [1.165, 1.54) is 22.4 Å². The molecular formula is C20H23N3OS2. The molecule has 3 heterocycles. The highest BCUT2D eigenvalue weighted by atomic mass is 32.1. The van der Waals surface area contributed by atoms with E-state index in [-0.39, 0.29) is 5.91 Å². The molecule has 3 aromatic rings. The second kappa shape index (κ2) is 8.29. The van der Waals surface area contributed by atoms with Crippen LogP contribution in [0.3, 0.4) is 0 Å². The van der Waals surface area contributed by atoms with Gasteiger partial charge in [-0.2, -0.15) is 0 Å². The molecule has 0 aliphatic carbocycles. The fourth-order valence-corrected chi connectivity index (χ4v) is 5.32. The molecule has 6 heteroatoms. The van der Waals surface area contributed by atoms with Crippen molar-refractivity contribution in [3.63, 3.8) is 0 Å². The highest BCUT2D eigenvalue weighted by Gasteiger charge is 2.24. The summed E-state index contributed by atoms with van der Waals surface area (Å²) in [5.74, 6) is 0.116. The van der Waals surface area contributed by atoms with E-state index in [1.54, 1.807) is 22.7 Å². The van der Waals surface area contributed by atoms with Gasteiger partial charge in [0.15, 0.2) is 0 Å². The number of nitrogens with zero attached hydrogens (tertiary/aromatic N) is 2. The Morgan fingerprint density at radius 3 is 2.81 bits per heavy atom. The van der Waals surface area contributed by atoms with Gasteiger partial charge in [0, 0.05) is 24.3 Å². The van der Waals surface area contributed by atoms with E-state index >= 15 is 0 Å². The van der Waals surface area contributed by atoms with E-state index in [2.05, 4.69) is 38.8 Å². The molecule has 1 aliphatic heterocycles. The van der Waals surface area contributed by atoms with Gasteiger partial charge in [-0.25, -0.2) is 4.98 Å². The molecule has 0 radical (unpaired) electrons. The van der Waals surface area contributed by atoms with Crippen LogP contribution in [0.4, 0.5) is 0 Å². The minimum atomic E-state index is 0.116. The monoisotopic (exact) mass is 385 g/mol. The fourth-order valence-electron chi connectivity index (χ4n) is 3.49. The summed E-state index contributed by atoms with van der Waals surface area (Å²) in [4.78, 5) is 20.8. The lowest BCUT2D eigenvalue weighted by Crippen LogP contribution is -2.36. The summed E-state index contributed by atoms with van der Waals surface area (Å²) in [7, 11) is 0. The zero-order chi connectivity index (χ0) is 17.8. The molecule has 0 unspecified atom stereocenters. The Morgan fingerprint density at radius 1 is 1.19 bits per heavy atom. The first-order valence-electron chi connectivity index (χ1n) is 9.18. The van der Waals surface area contributed by atoms with Crippen LogP contribution in [-0.2, 0) is 11.2 Å². The van der Waals surface area contributed by atoms with Gasteiger partial charge >= 0.3 is 0 Å². The number of amides is 1. The summed E-state index contributed by atoms with van der Waals surface area (Å²) < 4.78 is 1.19. The molecule has 4 rings (SSSR count). The summed E-state index contributed by atoms with van der Waals surface area (Å²) in [6, 6.07) is 12.7. The van der Waals surface area contributed by atoms with Gasteiger partial charge in [-0.15, -0.1) is 22.7 Å². The van der Waals surface area contributed by atoms with Crippen molar-refractivity contribution in [2.24, 2.45) is 0 Å². The average Bonchev–Trinajstić information content (AvgIpc) is 3.40. The standard InChI is InChI=1S/C20H23N3OS2/c24-19(9-10-20-22-15-6-1-2-7-17(15)26-20)21-14-16(18-8-5-13-25-18)23-11-3-4-12-23/h1-2,5-8,13,16H,3-4,9-12,14H2,(H,21,24)/t16-/m0/s1. The average molecular weight is 386 g/mol. The van der Waals surface area contributed by atoms with Gasteiger partial charge in [0.05, 0.1) is 21.3 Å². The number of likely N-dealkylation sites (tertiary alicyclic amines) is 1. The highest BCUT2D eigenvalue weighted by Crippen LogP contribution is 2.28. The zero-order valence-electron chi connectivity index (χ0n) is 14.7. The topological polar surface area (TPSA) is 45.2 Å². The normalized spacial score (nSPS) is 16.2. The number of nitrogens with one attached hydrogen (secondary N) is 1. The van der Waals surface area contributed by atoms with Crippen LogP contribution < -0.4 is 5.32 Å². The number of rotatable bonds is 7. The molecule has 4 nitrogen and oxygen atoms in total. The van der Waals surface area contributed by atoms with Gasteiger partial charge < -0.3 is 5.32 Å². The SMILES string of the molecule is O=C(CCc1nc2ccccc2s1)NC[C@@H](c1cccs1)N1CCCC1. The molecule has 26 heavy (non-hydrogen) atoms. The summed E-state index contributed by atoms with van der Waals surface area (Å²) in [5, 5.41) is 6.31. The molecule has 1 saturated heterocycles. The molecular weight excluding hydrogens is 362 g/mol. The number of hydrogen-bond donors (Lipinski definition) is 1. The molecule has 0 saturated carbocycles. The van der Waals surface area contributed by atoms with Crippen LogP contribution in [0.25, 0.3) is 10.2 Å². The van der Waals surface area contributed by atoms with Gasteiger partial charge in [0.1, 0.15) is 0 Å². The predicted octanol–water partition coefficient (Wildman–Crippen LogP) is 4.24. The van der Waals surface area contributed by atoms with Crippen molar-refractivity contribution < 1.29 is 4.79 Å². The van der Waals surface area contributed by atoms with Crippen molar-refractivity contribution in [3.05, 3.63) is 51.7 Å². The first-order chi connectivity index (χ1) is 12.8. The number of aromatic nitrogens is 1. The predicted molar refractivity (Wildman–Crippen MR) is 109 cm³/mol. The van der Waals surface area contributed by atoms with E-state index in [4.69, 9.17) is 0 Å². The van der Waals surface area contributed by atoms with Crippen LogP contribution in [0.5, 0.6) is 0 Å². The molecule has 0 bridgehead atoms. The number of carbonyl (C=O) groups is 1. The van der Waals surface area contributed by atoms with E-state index < -0.39 is 0 Å². The van der Waals surface area contributed by atoms with Gasteiger partial charge in [-0.1, -0.05) is 18.2 Å². The third-order valence-corrected chi connectivity index (χ3v) is 6.92. The van der Waals surface area contributed by atoms with Crippen LogP contribution in [0.15, 0.2) is 41.8 Å². The summed E-state index contributed by atoms with van der Waals surface area (Å²) in [5.41, 5.74) is 1.03. The molecule has 1 aromatic carbocycles. The first kappa shape index (κ1) is 17.6. The summed E-state index contributed by atoms with van der Waals surface area (Å²) in [6.07, 6.45) is 3.72. The lowest BCUT2D eigenvalue weighted by atomic mass is 10.2. The van der Waals surface area contributed by atoms with Crippen molar-refractivity contribution in [3.8, 4) is 0 Å². The van der Waals surface area contributed by atoms with E-state index in [0.717, 1.165) is 23.6 Å².